The van der Waals surface area contributed by atoms with Gasteiger partial charge in [-0.25, -0.2) is 4.39 Å². The third-order valence-corrected chi connectivity index (χ3v) is 3.62. The lowest BCUT2D eigenvalue weighted by Crippen LogP contribution is -2.41. The van der Waals surface area contributed by atoms with Crippen molar-refractivity contribution in [3.63, 3.8) is 0 Å². The van der Waals surface area contributed by atoms with Crippen LogP contribution < -0.4 is 5.32 Å². The summed E-state index contributed by atoms with van der Waals surface area (Å²) in [6.45, 7) is 0.143. The van der Waals surface area contributed by atoms with Crippen LogP contribution in [0.4, 0.5) is 10.1 Å². The van der Waals surface area contributed by atoms with Crippen LogP contribution in [-0.4, -0.2) is 17.3 Å². The van der Waals surface area contributed by atoms with Gasteiger partial charge in [-0.3, -0.25) is 0 Å². The Kier molecular flexibility index (Phi) is 4.00. The Morgan fingerprint density at radius 1 is 1.06 bits per heavy atom. The molecule has 0 aliphatic heterocycles. The molecule has 1 fully saturated rings. The molecule has 0 bridgehead atoms. The molecule has 1 aliphatic rings. The molecule has 3 heteroatoms. The van der Waals surface area contributed by atoms with Crippen molar-refractivity contribution in [3.8, 4) is 0 Å². The molecule has 0 heterocycles. The lowest BCUT2D eigenvalue weighted by atomic mass is 9.90. The molecule has 0 aromatic heterocycles. The van der Waals surface area contributed by atoms with Gasteiger partial charge in [-0.1, -0.05) is 25.7 Å². The fourth-order valence-electron chi connectivity index (χ4n) is 2.57. The number of hydrogen-bond acceptors (Lipinski definition) is 2. The van der Waals surface area contributed by atoms with Crippen molar-refractivity contribution in [2.45, 2.75) is 44.1 Å². The number of hydrogen-bond donors (Lipinski definition) is 2. The molecule has 0 saturated heterocycles. The van der Waals surface area contributed by atoms with E-state index in [1.54, 1.807) is 12.1 Å². The van der Waals surface area contributed by atoms with Gasteiger partial charge in [-0.15, -0.1) is 0 Å². The van der Waals surface area contributed by atoms with Gasteiger partial charge in [0.15, 0.2) is 0 Å². The highest BCUT2D eigenvalue weighted by molar-refractivity contribution is 5.45. The van der Waals surface area contributed by atoms with Gasteiger partial charge < -0.3 is 10.4 Å². The van der Waals surface area contributed by atoms with E-state index in [0.29, 0.717) is 0 Å². The van der Waals surface area contributed by atoms with Gasteiger partial charge in [0.1, 0.15) is 5.82 Å². The maximum absolute atomic E-state index is 12.8. The molecule has 0 amide bonds. The quantitative estimate of drug-likeness (QED) is 0.790. The fourth-order valence-corrected chi connectivity index (χ4v) is 2.57. The van der Waals surface area contributed by atoms with Crippen LogP contribution in [0.2, 0.25) is 0 Å². The van der Waals surface area contributed by atoms with Gasteiger partial charge in [0, 0.05) is 5.69 Å². The molecule has 1 aromatic rings. The van der Waals surface area contributed by atoms with Gasteiger partial charge in [-0.05, 0) is 37.1 Å². The molecule has 2 N–H and O–H groups in total. The minimum absolute atomic E-state index is 0.143. The minimum Gasteiger partial charge on any atom is -0.394 e. The summed E-state index contributed by atoms with van der Waals surface area (Å²) in [6.07, 6.45) is 6.75. The number of aliphatic hydroxyl groups excluding tert-OH is 1. The molecule has 0 unspecified atom stereocenters. The number of halogens is 1. The summed E-state index contributed by atoms with van der Waals surface area (Å²) >= 11 is 0. The third kappa shape index (κ3) is 3.19. The van der Waals surface area contributed by atoms with Crippen molar-refractivity contribution in [2.24, 2.45) is 0 Å². The lowest BCUT2D eigenvalue weighted by Gasteiger charge is -2.33. The van der Waals surface area contributed by atoms with Crippen molar-refractivity contribution < 1.29 is 9.50 Å². The average molecular weight is 237 g/mol. The van der Waals surface area contributed by atoms with Crippen LogP contribution in [0.5, 0.6) is 0 Å². The highest BCUT2D eigenvalue weighted by Crippen LogP contribution is 2.30. The van der Waals surface area contributed by atoms with Gasteiger partial charge in [-0.2, -0.15) is 0 Å². The highest BCUT2D eigenvalue weighted by Gasteiger charge is 2.29. The Hall–Kier alpha value is -1.09. The van der Waals surface area contributed by atoms with Crippen molar-refractivity contribution in [1.29, 1.82) is 0 Å². The maximum atomic E-state index is 12.8. The van der Waals surface area contributed by atoms with Crippen LogP contribution in [0, 0.1) is 5.82 Å². The van der Waals surface area contributed by atoms with E-state index in [1.807, 2.05) is 0 Å². The number of rotatable bonds is 3. The Labute approximate surface area is 102 Å². The normalized spacial score (nSPS) is 19.6. The first kappa shape index (κ1) is 12.4. The summed E-state index contributed by atoms with van der Waals surface area (Å²) < 4.78 is 12.8. The summed E-state index contributed by atoms with van der Waals surface area (Å²) in [5, 5.41) is 13.0. The van der Waals surface area contributed by atoms with Crippen LogP contribution in [0.1, 0.15) is 38.5 Å². The smallest absolute Gasteiger partial charge is 0.123 e. The number of anilines is 1. The van der Waals surface area contributed by atoms with E-state index in [1.165, 1.54) is 25.0 Å². The number of nitrogens with one attached hydrogen (secondary N) is 1. The lowest BCUT2D eigenvalue weighted by molar-refractivity contribution is 0.196. The second-order valence-electron chi connectivity index (χ2n) is 4.98. The molecule has 0 radical (unpaired) electrons. The highest BCUT2D eigenvalue weighted by atomic mass is 19.1. The van der Waals surface area contributed by atoms with E-state index in [0.717, 1.165) is 31.4 Å². The molecule has 1 saturated carbocycles. The molecule has 0 spiro atoms. The zero-order chi connectivity index (χ0) is 12.1. The number of aliphatic hydroxyl groups is 1. The third-order valence-electron chi connectivity index (χ3n) is 3.62. The largest absolute Gasteiger partial charge is 0.394 e. The first-order valence-electron chi connectivity index (χ1n) is 6.39. The van der Waals surface area contributed by atoms with E-state index in [9.17, 15) is 9.50 Å². The van der Waals surface area contributed by atoms with Crippen molar-refractivity contribution >= 4 is 5.69 Å². The molecule has 0 atom stereocenters. The summed E-state index contributed by atoms with van der Waals surface area (Å²) in [7, 11) is 0. The SMILES string of the molecule is OCC1(Nc2ccc(F)cc2)CCCCCC1. The van der Waals surface area contributed by atoms with Crippen molar-refractivity contribution in [3.05, 3.63) is 30.1 Å². The predicted octanol–water partition coefficient (Wildman–Crippen LogP) is 3.32. The zero-order valence-electron chi connectivity index (χ0n) is 10.1. The first-order valence-corrected chi connectivity index (χ1v) is 6.39. The Bertz CT molecular complexity index is 342. The Morgan fingerprint density at radius 3 is 2.18 bits per heavy atom. The summed E-state index contributed by atoms with van der Waals surface area (Å²) in [5.41, 5.74) is 0.677. The fraction of sp³-hybridized carbons (Fsp3) is 0.571. The molecule has 17 heavy (non-hydrogen) atoms. The van der Waals surface area contributed by atoms with Gasteiger partial charge in [0.05, 0.1) is 12.1 Å². The standard InChI is InChI=1S/C14H20FNO/c15-12-5-7-13(8-6-12)16-14(11-17)9-3-1-2-4-10-14/h5-8,16-17H,1-4,9-11H2. The zero-order valence-corrected chi connectivity index (χ0v) is 10.1. The van der Waals surface area contributed by atoms with Crippen LogP contribution in [0.15, 0.2) is 24.3 Å². The predicted molar refractivity (Wildman–Crippen MR) is 67.5 cm³/mol. The molecule has 1 aromatic carbocycles. The Morgan fingerprint density at radius 2 is 1.65 bits per heavy atom. The summed E-state index contributed by atoms with van der Waals surface area (Å²) in [4.78, 5) is 0. The van der Waals surface area contributed by atoms with Crippen LogP contribution in [0.3, 0.4) is 0 Å². The monoisotopic (exact) mass is 237 g/mol. The first-order chi connectivity index (χ1) is 8.24. The van der Waals surface area contributed by atoms with Gasteiger partial charge in [0.2, 0.25) is 0 Å². The van der Waals surface area contributed by atoms with E-state index in [4.69, 9.17) is 0 Å². The van der Waals surface area contributed by atoms with Crippen molar-refractivity contribution in [1.82, 2.24) is 0 Å². The van der Waals surface area contributed by atoms with Crippen LogP contribution in [-0.2, 0) is 0 Å². The molecule has 2 nitrogen and oxygen atoms in total. The molecule has 1 aliphatic carbocycles. The minimum atomic E-state index is -0.227. The van der Waals surface area contributed by atoms with Crippen LogP contribution in [0.25, 0.3) is 0 Å². The molecular formula is C14H20FNO. The van der Waals surface area contributed by atoms with E-state index in [2.05, 4.69) is 5.32 Å². The molecule has 94 valence electrons. The van der Waals surface area contributed by atoms with Crippen molar-refractivity contribution in [2.75, 3.05) is 11.9 Å². The maximum Gasteiger partial charge on any atom is 0.123 e. The summed E-state index contributed by atoms with van der Waals surface area (Å²) in [6, 6.07) is 6.36. The van der Waals surface area contributed by atoms with Gasteiger partial charge >= 0.3 is 0 Å². The second kappa shape index (κ2) is 5.50. The topological polar surface area (TPSA) is 32.3 Å². The van der Waals surface area contributed by atoms with E-state index in [-0.39, 0.29) is 18.0 Å². The Balaban J connectivity index is 2.09. The average Bonchev–Trinajstić information content (AvgIpc) is 2.58. The van der Waals surface area contributed by atoms with Gasteiger partial charge in [0.25, 0.3) is 0 Å². The molecule has 2 rings (SSSR count). The van der Waals surface area contributed by atoms with E-state index >= 15 is 0 Å². The van der Waals surface area contributed by atoms with Crippen LogP contribution >= 0.6 is 0 Å². The second-order valence-corrected chi connectivity index (χ2v) is 4.98. The summed E-state index contributed by atoms with van der Waals surface area (Å²) in [5.74, 6) is -0.227. The van der Waals surface area contributed by atoms with E-state index < -0.39 is 0 Å². The number of benzene rings is 1. The molecular weight excluding hydrogens is 217 g/mol.